The molecule has 0 saturated carbocycles. The van der Waals surface area contributed by atoms with E-state index in [0.717, 1.165) is 6.04 Å². The Morgan fingerprint density at radius 1 is 1.12 bits per heavy atom. The standard InChI is InChI=1S/C13H18N2.ClH/c1-2-4-13-11(3-1)7-10-15(13)12-5-8-14-9-6-12;/h1-4,12,14H,5-10H2;1H. The highest BCUT2D eigenvalue weighted by Gasteiger charge is 2.26. The molecule has 0 atom stereocenters. The summed E-state index contributed by atoms with van der Waals surface area (Å²) in [5.41, 5.74) is 3.03. The summed E-state index contributed by atoms with van der Waals surface area (Å²) >= 11 is 0. The molecular weight excluding hydrogens is 220 g/mol. The molecule has 2 aliphatic rings. The molecule has 1 N–H and O–H groups in total. The number of para-hydroxylation sites is 1. The molecule has 1 saturated heterocycles. The van der Waals surface area contributed by atoms with E-state index in [-0.39, 0.29) is 12.4 Å². The van der Waals surface area contributed by atoms with Gasteiger partial charge in [0.15, 0.2) is 0 Å². The van der Waals surface area contributed by atoms with Gasteiger partial charge in [0.2, 0.25) is 0 Å². The largest absolute Gasteiger partial charge is 0.368 e. The van der Waals surface area contributed by atoms with Gasteiger partial charge in [-0.2, -0.15) is 0 Å². The van der Waals surface area contributed by atoms with Gasteiger partial charge in [-0.05, 0) is 44.0 Å². The van der Waals surface area contributed by atoms with Gasteiger partial charge in [0.05, 0.1) is 0 Å². The first-order chi connectivity index (χ1) is 7.45. The summed E-state index contributed by atoms with van der Waals surface area (Å²) in [7, 11) is 0. The van der Waals surface area contributed by atoms with Gasteiger partial charge < -0.3 is 10.2 Å². The molecule has 3 heteroatoms. The third-order valence-electron chi connectivity index (χ3n) is 3.67. The minimum absolute atomic E-state index is 0. The summed E-state index contributed by atoms with van der Waals surface area (Å²) in [6.07, 6.45) is 3.84. The van der Waals surface area contributed by atoms with Crippen molar-refractivity contribution in [2.45, 2.75) is 25.3 Å². The first-order valence-corrected chi connectivity index (χ1v) is 6.00. The van der Waals surface area contributed by atoms with Crippen molar-refractivity contribution in [2.24, 2.45) is 0 Å². The van der Waals surface area contributed by atoms with Crippen LogP contribution in [0.5, 0.6) is 0 Å². The Morgan fingerprint density at radius 2 is 1.88 bits per heavy atom. The summed E-state index contributed by atoms with van der Waals surface area (Å²) in [6.45, 7) is 3.59. The minimum Gasteiger partial charge on any atom is -0.368 e. The van der Waals surface area contributed by atoms with Crippen LogP contribution in [0.25, 0.3) is 0 Å². The monoisotopic (exact) mass is 238 g/mol. The van der Waals surface area contributed by atoms with Crippen LogP contribution < -0.4 is 10.2 Å². The van der Waals surface area contributed by atoms with E-state index in [2.05, 4.69) is 34.5 Å². The molecule has 2 aliphatic heterocycles. The summed E-state index contributed by atoms with van der Waals surface area (Å²) in [6, 6.07) is 9.65. The van der Waals surface area contributed by atoms with E-state index in [0.29, 0.717) is 0 Å². The Labute approximate surface area is 103 Å². The highest BCUT2D eigenvalue weighted by molar-refractivity contribution is 5.85. The number of hydrogen-bond donors (Lipinski definition) is 1. The summed E-state index contributed by atoms with van der Waals surface area (Å²) < 4.78 is 0. The van der Waals surface area contributed by atoms with Crippen LogP contribution in [-0.2, 0) is 6.42 Å². The van der Waals surface area contributed by atoms with Gasteiger partial charge in [-0.1, -0.05) is 18.2 Å². The topological polar surface area (TPSA) is 15.3 Å². The van der Waals surface area contributed by atoms with Crippen LogP contribution >= 0.6 is 12.4 Å². The number of piperidine rings is 1. The fourth-order valence-corrected chi connectivity index (χ4v) is 2.86. The summed E-state index contributed by atoms with van der Waals surface area (Å²) in [5, 5.41) is 3.44. The van der Waals surface area contributed by atoms with Crippen LogP contribution in [0.4, 0.5) is 5.69 Å². The molecule has 0 spiro atoms. The molecule has 0 radical (unpaired) electrons. The molecule has 1 fully saturated rings. The van der Waals surface area contributed by atoms with E-state index in [1.165, 1.54) is 50.1 Å². The molecule has 88 valence electrons. The molecule has 1 aromatic carbocycles. The lowest BCUT2D eigenvalue weighted by molar-refractivity contribution is 0.435. The SMILES string of the molecule is Cl.c1ccc2c(c1)CCN2C1CCNCC1. The second-order valence-corrected chi connectivity index (χ2v) is 4.55. The number of halogens is 1. The number of benzene rings is 1. The van der Waals surface area contributed by atoms with Crippen LogP contribution in [0, 0.1) is 0 Å². The molecule has 0 aromatic heterocycles. The van der Waals surface area contributed by atoms with Gasteiger partial charge in [-0.3, -0.25) is 0 Å². The maximum atomic E-state index is 3.44. The Hall–Kier alpha value is -0.730. The predicted molar refractivity (Wildman–Crippen MR) is 70.6 cm³/mol. The van der Waals surface area contributed by atoms with Gasteiger partial charge in [-0.25, -0.2) is 0 Å². The Morgan fingerprint density at radius 3 is 2.69 bits per heavy atom. The van der Waals surface area contributed by atoms with Crippen molar-refractivity contribution < 1.29 is 0 Å². The number of fused-ring (bicyclic) bond motifs is 1. The second-order valence-electron chi connectivity index (χ2n) is 4.55. The van der Waals surface area contributed by atoms with Crippen LogP contribution in [0.2, 0.25) is 0 Å². The lowest BCUT2D eigenvalue weighted by Gasteiger charge is -2.33. The van der Waals surface area contributed by atoms with Gasteiger partial charge in [0.25, 0.3) is 0 Å². The van der Waals surface area contributed by atoms with Crippen LogP contribution in [0.1, 0.15) is 18.4 Å². The molecule has 0 bridgehead atoms. The summed E-state index contributed by atoms with van der Waals surface area (Å²) in [5.74, 6) is 0. The first kappa shape index (κ1) is 11.7. The zero-order chi connectivity index (χ0) is 10.1. The number of rotatable bonds is 1. The molecular formula is C13H19ClN2. The lowest BCUT2D eigenvalue weighted by Crippen LogP contribution is -2.42. The Bertz CT molecular complexity index is 348. The predicted octanol–water partition coefficient (Wildman–Crippen LogP) is 2.22. The highest BCUT2D eigenvalue weighted by atomic mass is 35.5. The Kier molecular flexibility index (Phi) is 3.72. The van der Waals surface area contributed by atoms with Gasteiger partial charge in [0, 0.05) is 18.3 Å². The van der Waals surface area contributed by atoms with Crippen molar-refractivity contribution in [3.63, 3.8) is 0 Å². The van der Waals surface area contributed by atoms with Crippen molar-refractivity contribution >= 4 is 18.1 Å². The van der Waals surface area contributed by atoms with Crippen molar-refractivity contribution in [1.82, 2.24) is 5.32 Å². The minimum atomic E-state index is 0. The number of nitrogens with one attached hydrogen (secondary N) is 1. The molecule has 0 aliphatic carbocycles. The van der Waals surface area contributed by atoms with E-state index >= 15 is 0 Å². The normalized spacial score (nSPS) is 20.4. The zero-order valence-corrected chi connectivity index (χ0v) is 10.3. The maximum Gasteiger partial charge on any atom is 0.0402 e. The van der Waals surface area contributed by atoms with Crippen LogP contribution in [0.15, 0.2) is 24.3 Å². The van der Waals surface area contributed by atoms with Crippen LogP contribution in [0.3, 0.4) is 0 Å². The molecule has 2 heterocycles. The van der Waals surface area contributed by atoms with E-state index in [1.807, 2.05) is 0 Å². The molecule has 1 aromatic rings. The van der Waals surface area contributed by atoms with Crippen molar-refractivity contribution in [3.05, 3.63) is 29.8 Å². The first-order valence-electron chi connectivity index (χ1n) is 6.00. The van der Waals surface area contributed by atoms with Gasteiger partial charge >= 0.3 is 0 Å². The van der Waals surface area contributed by atoms with Crippen LogP contribution in [-0.4, -0.2) is 25.7 Å². The number of hydrogen-bond acceptors (Lipinski definition) is 2. The number of nitrogens with zero attached hydrogens (tertiary/aromatic N) is 1. The van der Waals surface area contributed by atoms with E-state index in [9.17, 15) is 0 Å². The molecule has 16 heavy (non-hydrogen) atoms. The van der Waals surface area contributed by atoms with Gasteiger partial charge in [-0.15, -0.1) is 12.4 Å². The smallest absolute Gasteiger partial charge is 0.0402 e. The molecule has 2 nitrogen and oxygen atoms in total. The van der Waals surface area contributed by atoms with E-state index in [4.69, 9.17) is 0 Å². The average molecular weight is 239 g/mol. The van der Waals surface area contributed by atoms with E-state index < -0.39 is 0 Å². The van der Waals surface area contributed by atoms with E-state index in [1.54, 1.807) is 0 Å². The van der Waals surface area contributed by atoms with Crippen molar-refractivity contribution in [2.75, 3.05) is 24.5 Å². The fraction of sp³-hybridized carbons (Fsp3) is 0.538. The Balaban J connectivity index is 0.000000963. The maximum absolute atomic E-state index is 3.44. The van der Waals surface area contributed by atoms with Gasteiger partial charge in [0.1, 0.15) is 0 Å². The quantitative estimate of drug-likeness (QED) is 0.807. The summed E-state index contributed by atoms with van der Waals surface area (Å²) in [4.78, 5) is 2.62. The zero-order valence-electron chi connectivity index (χ0n) is 9.48. The number of anilines is 1. The third kappa shape index (κ3) is 2.04. The van der Waals surface area contributed by atoms with Crippen molar-refractivity contribution in [3.8, 4) is 0 Å². The molecule has 3 rings (SSSR count). The molecule has 0 unspecified atom stereocenters. The average Bonchev–Trinajstić information content (AvgIpc) is 2.74. The molecule has 0 amide bonds. The fourth-order valence-electron chi connectivity index (χ4n) is 2.86. The second kappa shape index (κ2) is 5.07. The van der Waals surface area contributed by atoms with Crippen molar-refractivity contribution in [1.29, 1.82) is 0 Å². The third-order valence-corrected chi connectivity index (χ3v) is 3.67. The highest BCUT2D eigenvalue weighted by Crippen LogP contribution is 2.31. The lowest BCUT2D eigenvalue weighted by atomic mass is 10.0.